The Balaban J connectivity index is 1.36. The lowest BCUT2D eigenvalue weighted by Gasteiger charge is -2.31. The van der Waals surface area contributed by atoms with Crippen LogP contribution < -0.4 is 15.5 Å². The summed E-state index contributed by atoms with van der Waals surface area (Å²) in [6.07, 6.45) is 6.56. The van der Waals surface area contributed by atoms with Crippen molar-refractivity contribution in [2.75, 3.05) is 19.6 Å². The summed E-state index contributed by atoms with van der Waals surface area (Å²) in [6.45, 7) is 6.75. The fourth-order valence-corrected chi connectivity index (χ4v) is 4.23. The zero-order valence-electron chi connectivity index (χ0n) is 16.7. The SMILES string of the molecule is Cc1ccc(C(=O)NC2CC[NH+](CC(=O)NC3CCC(C)CC3)CC2)cc1. The van der Waals surface area contributed by atoms with E-state index in [0.29, 0.717) is 12.6 Å². The first-order valence-electron chi connectivity index (χ1n) is 10.5. The second-order valence-electron chi connectivity index (χ2n) is 8.56. The van der Waals surface area contributed by atoms with E-state index in [9.17, 15) is 9.59 Å². The lowest BCUT2D eigenvalue weighted by Crippen LogP contribution is -3.14. The molecule has 2 fully saturated rings. The van der Waals surface area contributed by atoms with E-state index in [1.54, 1.807) is 0 Å². The third-order valence-corrected chi connectivity index (χ3v) is 6.13. The van der Waals surface area contributed by atoms with Crippen molar-refractivity contribution in [3.8, 4) is 0 Å². The van der Waals surface area contributed by atoms with Gasteiger partial charge in [-0.25, -0.2) is 0 Å². The first kappa shape index (κ1) is 19.9. The zero-order valence-corrected chi connectivity index (χ0v) is 16.7. The van der Waals surface area contributed by atoms with Crippen LogP contribution in [-0.2, 0) is 4.79 Å². The average Bonchev–Trinajstić information content (AvgIpc) is 2.66. The third kappa shape index (κ3) is 6.06. The molecule has 1 aromatic rings. The number of likely N-dealkylation sites (tertiary alicyclic amines) is 1. The minimum absolute atomic E-state index is 0.00715. The minimum Gasteiger partial charge on any atom is -0.349 e. The summed E-state index contributed by atoms with van der Waals surface area (Å²) in [5, 5.41) is 6.37. The summed E-state index contributed by atoms with van der Waals surface area (Å²) in [6, 6.07) is 8.27. The normalized spacial score (nSPS) is 28.4. The monoisotopic (exact) mass is 372 g/mol. The molecule has 2 amide bonds. The van der Waals surface area contributed by atoms with Crippen LogP contribution in [0.1, 0.15) is 61.4 Å². The van der Waals surface area contributed by atoms with Crippen LogP contribution in [0, 0.1) is 12.8 Å². The van der Waals surface area contributed by atoms with Crippen molar-refractivity contribution in [2.24, 2.45) is 5.92 Å². The molecule has 0 aromatic heterocycles. The quantitative estimate of drug-likeness (QED) is 0.733. The number of aryl methyl sites for hydroxylation is 1. The lowest BCUT2D eigenvalue weighted by atomic mass is 9.87. The fraction of sp³-hybridized carbons (Fsp3) is 0.636. The maximum absolute atomic E-state index is 12.3. The molecule has 1 saturated carbocycles. The van der Waals surface area contributed by atoms with Crippen molar-refractivity contribution in [3.05, 3.63) is 35.4 Å². The molecule has 3 rings (SSSR count). The number of amides is 2. The Bertz CT molecular complexity index is 627. The predicted octanol–water partition coefficient (Wildman–Crippen LogP) is 1.47. The first-order valence-corrected chi connectivity index (χ1v) is 10.5. The number of carbonyl (C=O) groups is 2. The minimum atomic E-state index is 0.00715. The Hall–Kier alpha value is -1.88. The highest BCUT2D eigenvalue weighted by atomic mass is 16.2. The molecular weight excluding hydrogens is 338 g/mol. The number of carbonyl (C=O) groups excluding carboxylic acids is 2. The van der Waals surface area contributed by atoms with Gasteiger partial charge in [0.2, 0.25) is 0 Å². The van der Waals surface area contributed by atoms with Crippen molar-refractivity contribution in [3.63, 3.8) is 0 Å². The van der Waals surface area contributed by atoms with E-state index in [1.165, 1.54) is 17.7 Å². The molecule has 0 spiro atoms. The second kappa shape index (κ2) is 9.36. The van der Waals surface area contributed by atoms with Gasteiger partial charge < -0.3 is 15.5 Å². The van der Waals surface area contributed by atoms with Crippen LogP contribution in [0.3, 0.4) is 0 Å². The van der Waals surface area contributed by atoms with Gasteiger partial charge in [-0.3, -0.25) is 9.59 Å². The summed E-state index contributed by atoms with van der Waals surface area (Å²) in [7, 11) is 0. The van der Waals surface area contributed by atoms with Gasteiger partial charge >= 0.3 is 0 Å². The van der Waals surface area contributed by atoms with E-state index in [4.69, 9.17) is 0 Å². The van der Waals surface area contributed by atoms with Gasteiger partial charge in [0.15, 0.2) is 6.54 Å². The Morgan fingerprint density at radius 1 is 0.926 bits per heavy atom. The summed E-state index contributed by atoms with van der Waals surface area (Å²) >= 11 is 0. The van der Waals surface area contributed by atoms with E-state index in [-0.39, 0.29) is 17.9 Å². The highest BCUT2D eigenvalue weighted by molar-refractivity contribution is 5.94. The number of nitrogens with one attached hydrogen (secondary N) is 3. The van der Waals surface area contributed by atoms with Crippen LogP contribution in [0.4, 0.5) is 0 Å². The van der Waals surface area contributed by atoms with Crippen LogP contribution in [0.5, 0.6) is 0 Å². The van der Waals surface area contributed by atoms with Gasteiger partial charge in [-0.2, -0.15) is 0 Å². The predicted molar refractivity (Wildman–Crippen MR) is 107 cm³/mol. The zero-order chi connectivity index (χ0) is 19.2. The molecule has 0 unspecified atom stereocenters. The molecule has 3 N–H and O–H groups in total. The van der Waals surface area contributed by atoms with Gasteiger partial charge in [0, 0.05) is 30.5 Å². The largest absolute Gasteiger partial charge is 0.349 e. The Labute approximate surface area is 162 Å². The number of piperidine rings is 1. The highest BCUT2D eigenvalue weighted by Gasteiger charge is 2.26. The Morgan fingerprint density at radius 3 is 2.15 bits per heavy atom. The van der Waals surface area contributed by atoms with E-state index in [0.717, 1.165) is 55.8 Å². The van der Waals surface area contributed by atoms with Gasteiger partial charge in [-0.1, -0.05) is 24.6 Å². The van der Waals surface area contributed by atoms with Crippen LogP contribution in [-0.4, -0.2) is 43.5 Å². The van der Waals surface area contributed by atoms with E-state index >= 15 is 0 Å². The van der Waals surface area contributed by atoms with Gasteiger partial charge in [0.05, 0.1) is 13.1 Å². The molecule has 27 heavy (non-hydrogen) atoms. The van der Waals surface area contributed by atoms with Crippen molar-refractivity contribution in [2.45, 2.75) is 64.5 Å². The average molecular weight is 373 g/mol. The van der Waals surface area contributed by atoms with Gasteiger partial charge in [0.25, 0.3) is 11.8 Å². The smallest absolute Gasteiger partial charge is 0.275 e. The van der Waals surface area contributed by atoms with Gasteiger partial charge in [-0.15, -0.1) is 0 Å². The topological polar surface area (TPSA) is 62.6 Å². The Morgan fingerprint density at radius 2 is 1.52 bits per heavy atom. The van der Waals surface area contributed by atoms with Crippen LogP contribution >= 0.6 is 0 Å². The van der Waals surface area contributed by atoms with Gasteiger partial charge in [-0.05, 0) is 50.7 Å². The molecule has 1 saturated heterocycles. The highest BCUT2D eigenvalue weighted by Crippen LogP contribution is 2.23. The number of rotatable bonds is 5. The summed E-state index contributed by atoms with van der Waals surface area (Å²) in [4.78, 5) is 26.0. The van der Waals surface area contributed by atoms with Gasteiger partial charge in [0.1, 0.15) is 0 Å². The molecule has 1 heterocycles. The number of hydrogen-bond donors (Lipinski definition) is 3. The van der Waals surface area contributed by atoms with Crippen LogP contribution in [0.25, 0.3) is 0 Å². The summed E-state index contributed by atoms with van der Waals surface area (Å²) in [5.41, 5.74) is 1.88. The molecule has 2 aliphatic rings. The third-order valence-electron chi connectivity index (χ3n) is 6.13. The fourth-order valence-electron chi connectivity index (χ4n) is 4.23. The van der Waals surface area contributed by atoms with Crippen molar-refractivity contribution >= 4 is 11.8 Å². The Kier molecular flexibility index (Phi) is 6.89. The molecular formula is C22H34N3O2+. The van der Waals surface area contributed by atoms with Crippen LogP contribution in [0.15, 0.2) is 24.3 Å². The van der Waals surface area contributed by atoms with Crippen LogP contribution in [0.2, 0.25) is 0 Å². The lowest BCUT2D eigenvalue weighted by molar-refractivity contribution is -0.897. The number of benzene rings is 1. The summed E-state index contributed by atoms with van der Waals surface area (Å²) in [5.74, 6) is 0.998. The van der Waals surface area contributed by atoms with Crippen molar-refractivity contribution < 1.29 is 14.5 Å². The molecule has 5 heteroatoms. The number of quaternary nitrogens is 1. The first-order chi connectivity index (χ1) is 13.0. The number of hydrogen-bond acceptors (Lipinski definition) is 2. The molecule has 148 valence electrons. The molecule has 1 aromatic carbocycles. The molecule has 1 aliphatic heterocycles. The maximum atomic E-state index is 12.3. The maximum Gasteiger partial charge on any atom is 0.275 e. The van der Waals surface area contributed by atoms with E-state index < -0.39 is 0 Å². The molecule has 0 bridgehead atoms. The standard InChI is InChI=1S/C22H33N3O2/c1-16-3-7-18(8-4-16)22(27)24-20-11-13-25(14-12-20)15-21(26)23-19-9-5-17(2)6-10-19/h3-4,7-8,17,19-20H,5-6,9-15H2,1-2H3,(H,23,26)(H,24,27)/p+1. The second-order valence-corrected chi connectivity index (χ2v) is 8.56. The van der Waals surface area contributed by atoms with Crippen molar-refractivity contribution in [1.29, 1.82) is 0 Å². The molecule has 0 atom stereocenters. The van der Waals surface area contributed by atoms with E-state index in [1.807, 2.05) is 31.2 Å². The van der Waals surface area contributed by atoms with E-state index in [2.05, 4.69) is 17.6 Å². The molecule has 0 radical (unpaired) electrons. The summed E-state index contributed by atoms with van der Waals surface area (Å²) < 4.78 is 0. The molecule has 5 nitrogen and oxygen atoms in total. The molecule has 1 aliphatic carbocycles. The van der Waals surface area contributed by atoms with Crippen molar-refractivity contribution in [1.82, 2.24) is 10.6 Å².